The van der Waals surface area contributed by atoms with E-state index in [1.54, 1.807) is 0 Å². The molecule has 178 valence electrons. The van der Waals surface area contributed by atoms with Crippen LogP contribution in [-0.4, -0.2) is 10.9 Å². The Hall–Kier alpha value is -1.83. The second-order valence-electron chi connectivity index (χ2n) is 9.63. The summed E-state index contributed by atoms with van der Waals surface area (Å²) in [6.07, 6.45) is 23.9. The molecule has 0 saturated heterocycles. The van der Waals surface area contributed by atoms with Crippen molar-refractivity contribution in [1.29, 1.82) is 0 Å². The Balaban J connectivity index is 1.46. The van der Waals surface area contributed by atoms with Crippen molar-refractivity contribution in [3.05, 3.63) is 47.5 Å². The van der Waals surface area contributed by atoms with Crippen LogP contribution in [0, 0.1) is 0 Å². The van der Waals surface area contributed by atoms with Crippen molar-refractivity contribution >= 4 is 16.5 Å². The Morgan fingerprint density at radius 2 is 1.09 bits per heavy atom. The Bertz CT molecular complexity index is 779. The van der Waals surface area contributed by atoms with Gasteiger partial charge in [-0.3, -0.25) is 0 Å². The largest absolute Gasteiger partial charge is 0.411 e. The van der Waals surface area contributed by atoms with Crippen molar-refractivity contribution in [2.75, 3.05) is 0 Å². The predicted octanol–water partition coefficient (Wildman–Crippen LogP) is 9.84. The molecule has 0 spiro atoms. The average Bonchev–Trinajstić information content (AvgIpc) is 2.82. The minimum atomic E-state index is 0.657. The third kappa shape index (κ3) is 10.7. The fourth-order valence-corrected chi connectivity index (χ4v) is 4.61. The minimum Gasteiger partial charge on any atom is -0.411 e. The van der Waals surface area contributed by atoms with Crippen molar-refractivity contribution in [2.45, 2.75) is 123 Å². The lowest BCUT2D eigenvalue weighted by atomic mass is 9.99. The van der Waals surface area contributed by atoms with Crippen molar-refractivity contribution in [1.82, 2.24) is 0 Å². The molecular formula is C30H47NO. The van der Waals surface area contributed by atoms with Crippen LogP contribution < -0.4 is 0 Å². The minimum absolute atomic E-state index is 0.657. The zero-order valence-corrected chi connectivity index (χ0v) is 20.9. The summed E-state index contributed by atoms with van der Waals surface area (Å²) >= 11 is 0. The highest BCUT2D eigenvalue weighted by Crippen LogP contribution is 2.20. The van der Waals surface area contributed by atoms with E-state index in [9.17, 15) is 0 Å². The van der Waals surface area contributed by atoms with Gasteiger partial charge in [0.1, 0.15) is 0 Å². The summed E-state index contributed by atoms with van der Waals surface area (Å²) in [5.74, 6) is 0. The van der Waals surface area contributed by atoms with Crippen molar-refractivity contribution in [3.63, 3.8) is 0 Å². The number of fused-ring (bicyclic) bond motifs is 1. The first-order valence-corrected chi connectivity index (χ1v) is 13.5. The lowest BCUT2D eigenvalue weighted by Gasteiger charge is -2.06. The standard InChI is InChI=1S/C30H47NO/c1-3-4-5-6-7-8-9-10-11-12-13-14-15-16-17-18-19-27-20-21-30-25-28(26(2)31-32)22-23-29(30)24-27/h20-25,32H,3-19H2,1-2H3/b31-26+. The SMILES string of the molecule is CCCCCCCCCCCCCCCCCCc1ccc2cc(/C(C)=N/O)ccc2c1. The molecule has 0 heterocycles. The molecule has 0 aliphatic rings. The van der Waals surface area contributed by atoms with Gasteiger partial charge in [-0.05, 0) is 47.7 Å². The van der Waals surface area contributed by atoms with E-state index >= 15 is 0 Å². The molecule has 0 bridgehead atoms. The zero-order chi connectivity index (χ0) is 22.9. The number of benzene rings is 2. The summed E-state index contributed by atoms with van der Waals surface area (Å²) < 4.78 is 0. The molecule has 1 N–H and O–H groups in total. The van der Waals surface area contributed by atoms with Gasteiger partial charge in [0.15, 0.2) is 0 Å². The van der Waals surface area contributed by atoms with Crippen LogP contribution in [0.2, 0.25) is 0 Å². The fourth-order valence-electron chi connectivity index (χ4n) is 4.61. The maximum atomic E-state index is 8.96. The highest BCUT2D eigenvalue weighted by molar-refractivity contribution is 6.01. The van der Waals surface area contributed by atoms with E-state index in [0.717, 1.165) is 5.56 Å². The summed E-state index contributed by atoms with van der Waals surface area (Å²) in [7, 11) is 0. The van der Waals surface area contributed by atoms with E-state index in [1.807, 2.05) is 13.0 Å². The van der Waals surface area contributed by atoms with Crippen LogP contribution in [0.15, 0.2) is 41.6 Å². The van der Waals surface area contributed by atoms with E-state index in [1.165, 1.54) is 125 Å². The first-order valence-electron chi connectivity index (χ1n) is 13.5. The summed E-state index contributed by atoms with van der Waals surface area (Å²) in [6, 6.07) is 13.0. The molecule has 2 aromatic carbocycles. The maximum Gasteiger partial charge on any atom is 0.0837 e. The van der Waals surface area contributed by atoms with Gasteiger partial charge < -0.3 is 5.21 Å². The van der Waals surface area contributed by atoms with Crippen molar-refractivity contribution < 1.29 is 5.21 Å². The zero-order valence-electron chi connectivity index (χ0n) is 20.9. The Morgan fingerprint density at radius 3 is 1.62 bits per heavy atom. The highest BCUT2D eigenvalue weighted by Gasteiger charge is 2.02. The van der Waals surface area contributed by atoms with Crippen molar-refractivity contribution in [3.8, 4) is 0 Å². The van der Waals surface area contributed by atoms with Crippen LogP contribution in [0.4, 0.5) is 0 Å². The molecule has 0 saturated carbocycles. The number of unbranched alkanes of at least 4 members (excludes halogenated alkanes) is 15. The molecule has 0 unspecified atom stereocenters. The Morgan fingerprint density at radius 1 is 0.625 bits per heavy atom. The second kappa shape index (κ2) is 16.8. The van der Waals surface area contributed by atoms with Crippen LogP contribution in [0.3, 0.4) is 0 Å². The van der Waals surface area contributed by atoms with Gasteiger partial charge in [0.05, 0.1) is 5.71 Å². The van der Waals surface area contributed by atoms with Gasteiger partial charge in [0.2, 0.25) is 0 Å². The third-order valence-electron chi connectivity index (χ3n) is 6.79. The van der Waals surface area contributed by atoms with Gasteiger partial charge in [-0.25, -0.2) is 0 Å². The van der Waals surface area contributed by atoms with E-state index in [2.05, 4.69) is 42.4 Å². The van der Waals surface area contributed by atoms with Crippen LogP contribution in [0.1, 0.15) is 128 Å². The molecule has 0 fully saturated rings. The number of hydrogen-bond donors (Lipinski definition) is 1. The summed E-state index contributed by atoms with van der Waals surface area (Å²) in [5.41, 5.74) is 3.07. The molecule has 0 amide bonds. The third-order valence-corrected chi connectivity index (χ3v) is 6.79. The lowest BCUT2D eigenvalue weighted by molar-refractivity contribution is 0.319. The van der Waals surface area contributed by atoms with Crippen LogP contribution in [0.25, 0.3) is 10.8 Å². The van der Waals surface area contributed by atoms with Gasteiger partial charge in [-0.15, -0.1) is 0 Å². The van der Waals surface area contributed by atoms with Gasteiger partial charge in [-0.1, -0.05) is 139 Å². The summed E-state index contributed by atoms with van der Waals surface area (Å²) in [4.78, 5) is 0. The number of aryl methyl sites for hydroxylation is 1. The van der Waals surface area contributed by atoms with Crippen LogP contribution in [0.5, 0.6) is 0 Å². The molecule has 0 atom stereocenters. The summed E-state index contributed by atoms with van der Waals surface area (Å²) in [6.45, 7) is 4.12. The normalized spacial score (nSPS) is 12.0. The molecule has 0 radical (unpaired) electrons. The molecular weight excluding hydrogens is 390 g/mol. The first kappa shape index (κ1) is 26.4. The monoisotopic (exact) mass is 437 g/mol. The first-order chi connectivity index (χ1) is 15.7. The fraction of sp³-hybridized carbons (Fsp3) is 0.633. The molecule has 2 nitrogen and oxygen atoms in total. The Kier molecular flexibility index (Phi) is 13.8. The maximum absolute atomic E-state index is 8.96. The van der Waals surface area contributed by atoms with Gasteiger partial charge in [0, 0.05) is 0 Å². The van der Waals surface area contributed by atoms with E-state index in [4.69, 9.17) is 5.21 Å². The van der Waals surface area contributed by atoms with Gasteiger partial charge in [0.25, 0.3) is 0 Å². The smallest absolute Gasteiger partial charge is 0.0837 e. The number of rotatable bonds is 18. The molecule has 2 heteroatoms. The molecule has 2 rings (SSSR count). The average molecular weight is 438 g/mol. The van der Waals surface area contributed by atoms with Gasteiger partial charge in [-0.2, -0.15) is 0 Å². The Labute approximate surface area is 197 Å². The molecule has 2 aromatic rings. The second-order valence-corrected chi connectivity index (χ2v) is 9.63. The van der Waals surface area contributed by atoms with Gasteiger partial charge >= 0.3 is 0 Å². The predicted molar refractivity (Wildman–Crippen MR) is 141 cm³/mol. The number of hydrogen-bond acceptors (Lipinski definition) is 2. The molecule has 0 aliphatic heterocycles. The topological polar surface area (TPSA) is 32.6 Å². The van der Waals surface area contributed by atoms with Crippen LogP contribution in [-0.2, 0) is 6.42 Å². The van der Waals surface area contributed by atoms with Crippen LogP contribution >= 0.6 is 0 Å². The lowest BCUT2D eigenvalue weighted by Crippen LogP contribution is -1.94. The molecule has 0 aliphatic carbocycles. The quantitative estimate of drug-likeness (QED) is 0.107. The summed E-state index contributed by atoms with van der Waals surface area (Å²) in [5, 5.41) is 14.7. The molecule has 0 aromatic heterocycles. The number of oxime groups is 1. The van der Waals surface area contributed by atoms with E-state index < -0.39 is 0 Å². The number of nitrogens with zero attached hydrogens (tertiary/aromatic N) is 1. The van der Waals surface area contributed by atoms with E-state index in [0.29, 0.717) is 5.71 Å². The van der Waals surface area contributed by atoms with E-state index in [-0.39, 0.29) is 0 Å². The molecule has 32 heavy (non-hydrogen) atoms. The van der Waals surface area contributed by atoms with Crippen molar-refractivity contribution in [2.24, 2.45) is 5.16 Å². The highest BCUT2D eigenvalue weighted by atomic mass is 16.4.